The van der Waals surface area contributed by atoms with Crippen LogP contribution in [0, 0.1) is 5.41 Å². The number of carbonyl (C=O) groups is 1. The Morgan fingerprint density at radius 2 is 2.05 bits per heavy atom. The van der Waals surface area contributed by atoms with Crippen LogP contribution in [0.2, 0.25) is 0 Å². The van der Waals surface area contributed by atoms with E-state index < -0.39 is 11.4 Å². The summed E-state index contributed by atoms with van der Waals surface area (Å²) in [5, 5.41) is 9.19. The van der Waals surface area contributed by atoms with Gasteiger partial charge in [-0.15, -0.1) is 0 Å². The van der Waals surface area contributed by atoms with E-state index in [1.54, 1.807) is 30.5 Å². The van der Waals surface area contributed by atoms with Crippen molar-refractivity contribution in [2.75, 3.05) is 0 Å². The molecule has 1 heterocycles. The second-order valence-corrected chi connectivity index (χ2v) is 6.00. The highest BCUT2D eigenvalue weighted by molar-refractivity contribution is 5.76. The number of hydrogen-bond donors (Lipinski definition) is 1. The third kappa shape index (κ3) is 2.48. The van der Waals surface area contributed by atoms with Crippen LogP contribution < -0.4 is 5.76 Å². The lowest BCUT2D eigenvalue weighted by atomic mass is 9.86. The van der Waals surface area contributed by atoms with E-state index in [2.05, 4.69) is 0 Å². The zero-order valence-electron chi connectivity index (χ0n) is 12.1. The van der Waals surface area contributed by atoms with E-state index in [9.17, 15) is 14.7 Å². The summed E-state index contributed by atoms with van der Waals surface area (Å²) in [6.45, 7) is 7.18. The average molecular weight is 277 g/mol. The minimum Gasteiger partial charge on any atom is -0.481 e. The maximum atomic E-state index is 11.8. The van der Waals surface area contributed by atoms with Crippen molar-refractivity contribution < 1.29 is 14.3 Å². The molecule has 1 aromatic carbocycles. The van der Waals surface area contributed by atoms with Gasteiger partial charge in [-0.3, -0.25) is 9.36 Å². The first-order chi connectivity index (χ1) is 9.22. The number of benzene rings is 1. The smallest absolute Gasteiger partial charge is 0.420 e. The molecule has 1 N–H and O–H groups in total. The number of fused-ring (bicyclic) bond motifs is 1. The number of carboxylic acids is 1. The van der Waals surface area contributed by atoms with E-state index >= 15 is 0 Å². The van der Waals surface area contributed by atoms with Crippen LogP contribution in [0.25, 0.3) is 11.1 Å². The third-order valence-electron chi connectivity index (χ3n) is 3.42. The number of carboxylic acid groups (broad SMARTS) is 1. The van der Waals surface area contributed by atoms with Gasteiger partial charge in [0.2, 0.25) is 0 Å². The maximum Gasteiger partial charge on any atom is 0.420 e. The fraction of sp³-hybridized carbons (Fsp3) is 0.467. The van der Waals surface area contributed by atoms with Crippen molar-refractivity contribution in [3.63, 3.8) is 0 Å². The lowest BCUT2D eigenvalue weighted by Crippen LogP contribution is -2.26. The Hall–Kier alpha value is -2.04. The van der Waals surface area contributed by atoms with Crippen molar-refractivity contribution in [1.82, 2.24) is 4.57 Å². The normalized spacial score (nSPS) is 12.2. The first kappa shape index (κ1) is 14.4. The molecule has 2 rings (SSSR count). The van der Waals surface area contributed by atoms with Crippen LogP contribution in [0.3, 0.4) is 0 Å². The molecule has 0 radical (unpaired) electrons. The van der Waals surface area contributed by atoms with Gasteiger partial charge in [0.05, 0.1) is 10.9 Å². The molecule has 0 aliphatic heterocycles. The molecule has 0 atom stereocenters. The van der Waals surface area contributed by atoms with E-state index in [1.807, 2.05) is 19.9 Å². The van der Waals surface area contributed by atoms with E-state index in [0.29, 0.717) is 17.5 Å². The van der Waals surface area contributed by atoms with Gasteiger partial charge in [-0.05, 0) is 51.8 Å². The molecule has 5 heteroatoms. The fourth-order valence-corrected chi connectivity index (χ4v) is 2.26. The number of aliphatic carboxylic acids is 1. The Bertz CT molecular complexity index is 706. The molecule has 5 nitrogen and oxygen atoms in total. The van der Waals surface area contributed by atoms with Gasteiger partial charge in [-0.25, -0.2) is 4.79 Å². The van der Waals surface area contributed by atoms with Gasteiger partial charge in [0.25, 0.3) is 0 Å². The molecule has 108 valence electrons. The zero-order valence-corrected chi connectivity index (χ0v) is 12.1. The van der Waals surface area contributed by atoms with Crippen molar-refractivity contribution in [1.29, 1.82) is 0 Å². The molecule has 0 spiro atoms. The molecule has 0 aliphatic carbocycles. The standard InChI is InChI=1S/C15H19NO4/c1-9(2)16-11-7-10(8-15(3,4)13(17)18)5-6-12(11)20-14(16)19/h5-7,9H,8H2,1-4H3,(H,17,18). The highest BCUT2D eigenvalue weighted by Gasteiger charge is 2.27. The van der Waals surface area contributed by atoms with Crippen LogP contribution in [0.4, 0.5) is 0 Å². The molecule has 0 aliphatic rings. The zero-order chi connectivity index (χ0) is 15.1. The molecule has 1 aromatic heterocycles. The maximum absolute atomic E-state index is 11.8. The SMILES string of the molecule is CC(C)n1c(=O)oc2ccc(CC(C)(C)C(=O)O)cc21. The predicted molar refractivity (Wildman–Crippen MR) is 76.0 cm³/mol. The molecule has 20 heavy (non-hydrogen) atoms. The van der Waals surface area contributed by atoms with Crippen molar-refractivity contribution >= 4 is 17.1 Å². The Labute approximate surface area is 116 Å². The van der Waals surface area contributed by atoms with Gasteiger partial charge >= 0.3 is 11.7 Å². The lowest BCUT2D eigenvalue weighted by Gasteiger charge is -2.19. The summed E-state index contributed by atoms with van der Waals surface area (Å²) in [4.78, 5) is 23.0. The molecule has 0 fully saturated rings. The van der Waals surface area contributed by atoms with Crippen LogP contribution in [0.15, 0.2) is 27.4 Å². The summed E-state index contributed by atoms with van der Waals surface area (Å²) in [7, 11) is 0. The van der Waals surface area contributed by atoms with Crippen LogP contribution in [-0.2, 0) is 11.2 Å². The summed E-state index contributed by atoms with van der Waals surface area (Å²) in [5.41, 5.74) is 1.27. The molecule has 0 bridgehead atoms. The quantitative estimate of drug-likeness (QED) is 0.932. The largest absolute Gasteiger partial charge is 0.481 e. The molecule has 0 unspecified atom stereocenters. The minimum atomic E-state index is -0.847. The van der Waals surface area contributed by atoms with Gasteiger partial charge in [0.15, 0.2) is 5.58 Å². The summed E-state index contributed by atoms with van der Waals surface area (Å²) >= 11 is 0. The van der Waals surface area contributed by atoms with Crippen LogP contribution in [0.1, 0.15) is 39.3 Å². The van der Waals surface area contributed by atoms with E-state index in [4.69, 9.17) is 4.42 Å². The van der Waals surface area contributed by atoms with Crippen molar-refractivity contribution in [3.05, 3.63) is 34.3 Å². The first-order valence-corrected chi connectivity index (χ1v) is 6.60. The van der Waals surface area contributed by atoms with Crippen LogP contribution >= 0.6 is 0 Å². The van der Waals surface area contributed by atoms with E-state index in [0.717, 1.165) is 5.56 Å². The number of hydrogen-bond acceptors (Lipinski definition) is 3. The highest BCUT2D eigenvalue weighted by atomic mass is 16.4. The van der Waals surface area contributed by atoms with E-state index in [-0.39, 0.29) is 11.8 Å². The van der Waals surface area contributed by atoms with Crippen LogP contribution in [-0.4, -0.2) is 15.6 Å². The second kappa shape index (κ2) is 4.81. The van der Waals surface area contributed by atoms with Gasteiger partial charge < -0.3 is 9.52 Å². The van der Waals surface area contributed by atoms with Crippen molar-refractivity contribution in [2.24, 2.45) is 5.41 Å². The van der Waals surface area contributed by atoms with E-state index in [1.165, 1.54) is 0 Å². The van der Waals surface area contributed by atoms with Gasteiger partial charge in [0.1, 0.15) is 0 Å². The van der Waals surface area contributed by atoms with Crippen molar-refractivity contribution in [2.45, 2.75) is 40.2 Å². The summed E-state index contributed by atoms with van der Waals surface area (Å²) < 4.78 is 6.76. The number of nitrogens with zero attached hydrogens (tertiary/aromatic N) is 1. The summed E-state index contributed by atoms with van der Waals surface area (Å²) in [6.07, 6.45) is 0.399. The van der Waals surface area contributed by atoms with Gasteiger partial charge in [0, 0.05) is 6.04 Å². The number of aromatic nitrogens is 1. The summed E-state index contributed by atoms with van der Waals surface area (Å²) in [5.74, 6) is -1.23. The van der Waals surface area contributed by atoms with Crippen LogP contribution in [0.5, 0.6) is 0 Å². The molecule has 0 saturated heterocycles. The second-order valence-electron chi connectivity index (χ2n) is 6.00. The first-order valence-electron chi connectivity index (χ1n) is 6.60. The Morgan fingerprint density at radius 3 is 2.60 bits per heavy atom. The number of oxazole rings is 1. The topological polar surface area (TPSA) is 72.4 Å². The molecular weight excluding hydrogens is 258 g/mol. The average Bonchev–Trinajstić information content (AvgIpc) is 2.63. The van der Waals surface area contributed by atoms with Crippen molar-refractivity contribution in [3.8, 4) is 0 Å². The number of rotatable bonds is 4. The Balaban J connectivity index is 2.51. The highest BCUT2D eigenvalue weighted by Crippen LogP contribution is 2.25. The summed E-state index contributed by atoms with van der Waals surface area (Å²) in [6, 6.07) is 5.36. The Kier molecular flexibility index (Phi) is 3.46. The van der Waals surface area contributed by atoms with Gasteiger partial charge in [-0.1, -0.05) is 6.07 Å². The fourth-order valence-electron chi connectivity index (χ4n) is 2.26. The van der Waals surface area contributed by atoms with Gasteiger partial charge in [-0.2, -0.15) is 0 Å². The molecule has 0 amide bonds. The minimum absolute atomic E-state index is 0.00789. The Morgan fingerprint density at radius 1 is 1.40 bits per heavy atom. The lowest BCUT2D eigenvalue weighted by molar-refractivity contribution is -0.146. The predicted octanol–water partition coefficient (Wildman–Crippen LogP) is 2.83. The molecule has 2 aromatic rings. The molecular formula is C15H19NO4. The molecule has 0 saturated carbocycles. The third-order valence-corrected chi connectivity index (χ3v) is 3.42. The monoisotopic (exact) mass is 277 g/mol.